The Kier molecular flexibility index (Phi) is 6.09. The van der Waals surface area contributed by atoms with Crippen LogP contribution in [0, 0.1) is 12.7 Å². The molecule has 0 atom stereocenters. The number of anilines is 2. The van der Waals surface area contributed by atoms with E-state index < -0.39 is 0 Å². The summed E-state index contributed by atoms with van der Waals surface area (Å²) >= 11 is 7.33. The molecule has 30 heavy (non-hydrogen) atoms. The Morgan fingerprint density at radius 1 is 1.13 bits per heavy atom. The van der Waals surface area contributed by atoms with E-state index >= 15 is 0 Å². The van der Waals surface area contributed by atoms with Crippen molar-refractivity contribution in [2.75, 3.05) is 36.8 Å². The summed E-state index contributed by atoms with van der Waals surface area (Å²) in [5.41, 5.74) is 9.81. The summed E-state index contributed by atoms with van der Waals surface area (Å²) in [6.07, 6.45) is 0. The maximum Gasteiger partial charge on any atom is 0.196 e. The van der Waals surface area contributed by atoms with Crippen molar-refractivity contribution in [3.63, 3.8) is 0 Å². The molecule has 7 heteroatoms. The maximum absolute atomic E-state index is 14.3. The molecule has 3 aromatic rings. The van der Waals surface area contributed by atoms with Gasteiger partial charge in [0.05, 0.1) is 16.3 Å². The van der Waals surface area contributed by atoms with Gasteiger partial charge < -0.3 is 10.6 Å². The molecule has 0 amide bonds. The monoisotopic (exact) mass is 443 g/mol. The molecule has 0 unspecified atom stereocenters. The van der Waals surface area contributed by atoms with Crippen molar-refractivity contribution < 1.29 is 9.18 Å². The van der Waals surface area contributed by atoms with Gasteiger partial charge in [-0.1, -0.05) is 17.7 Å². The molecule has 0 spiro atoms. The predicted octanol–water partition coefficient (Wildman–Crippen LogP) is 4.98. The molecule has 4 nitrogen and oxygen atoms in total. The minimum atomic E-state index is -0.176. The van der Waals surface area contributed by atoms with Gasteiger partial charge in [0, 0.05) is 43.3 Å². The number of ketones is 1. The van der Waals surface area contributed by atoms with Crippen LogP contribution in [0.15, 0.2) is 47.8 Å². The zero-order valence-electron chi connectivity index (χ0n) is 16.7. The summed E-state index contributed by atoms with van der Waals surface area (Å²) in [6.45, 7) is 5.59. The molecule has 2 aromatic carbocycles. The van der Waals surface area contributed by atoms with E-state index in [1.54, 1.807) is 30.3 Å². The summed E-state index contributed by atoms with van der Waals surface area (Å²) in [5, 5.41) is 3.09. The number of hydrogen-bond donors (Lipinski definition) is 1. The quantitative estimate of drug-likeness (QED) is 0.565. The highest BCUT2D eigenvalue weighted by molar-refractivity contribution is 7.14. The molecular formula is C23H23ClFN3OS. The smallest absolute Gasteiger partial charge is 0.196 e. The lowest BCUT2D eigenvalue weighted by Crippen LogP contribution is -2.46. The Bertz CT molecular complexity index is 1060. The van der Waals surface area contributed by atoms with E-state index in [0.717, 1.165) is 37.3 Å². The van der Waals surface area contributed by atoms with E-state index in [1.807, 2.05) is 24.4 Å². The van der Waals surface area contributed by atoms with Crippen LogP contribution in [0.25, 0.3) is 0 Å². The number of piperazine rings is 1. The first-order chi connectivity index (χ1) is 14.4. The first-order valence-electron chi connectivity index (χ1n) is 9.82. The number of rotatable bonds is 5. The molecule has 0 radical (unpaired) electrons. The highest BCUT2D eigenvalue weighted by Crippen LogP contribution is 2.30. The number of hydrogen-bond acceptors (Lipinski definition) is 5. The SMILES string of the molecule is Cc1ccc(N2CCN(Cc3csc(N)c3C(=O)c3ccc(Cl)cc3)CC2)c(F)c1. The summed E-state index contributed by atoms with van der Waals surface area (Å²) in [5.74, 6) is -0.259. The van der Waals surface area contributed by atoms with Crippen LogP contribution in [0.4, 0.5) is 15.1 Å². The van der Waals surface area contributed by atoms with Crippen LogP contribution in [0.5, 0.6) is 0 Å². The largest absolute Gasteiger partial charge is 0.390 e. The third kappa shape index (κ3) is 4.36. The first-order valence-corrected chi connectivity index (χ1v) is 11.1. The average Bonchev–Trinajstić information content (AvgIpc) is 3.09. The Hall–Kier alpha value is -2.41. The van der Waals surface area contributed by atoms with E-state index in [-0.39, 0.29) is 11.6 Å². The van der Waals surface area contributed by atoms with Gasteiger partial charge in [0.25, 0.3) is 0 Å². The number of nitrogen functional groups attached to an aromatic ring is 1. The van der Waals surface area contributed by atoms with E-state index in [0.29, 0.717) is 33.4 Å². The summed E-state index contributed by atoms with van der Waals surface area (Å²) in [4.78, 5) is 17.4. The van der Waals surface area contributed by atoms with Gasteiger partial charge in [-0.05, 0) is 59.8 Å². The zero-order valence-corrected chi connectivity index (χ0v) is 18.3. The average molecular weight is 444 g/mol. The molecule has 1 aliphatic rings. The van der Waals surface area contributed by atoms with Gasteiger partial charge in [0.1, 0.15) is 5.82 Å². The molecule has 156 valence electrons. The molecule has 1 aromatic heterocycles. The molecule has 0 saturated carbocycles. The summed E-state index contributed by atoms with van der Waals surface area (Å²) < 4.78 is 14.3. The highest BCUT2D eigenvalue weighted by atomic mass is 35.5. The van der Waals surface area contributed by atoms with Crippen LogP contribution in [-0.4, -0.2) is 36.9 Å². The Labute approximate surface area is 184 Å². The van der Waals surface area contributed by atoms with E-state index in [1.165, 1.54) is 11.3 Å². The molecule has 1 fully saturated rings. The van der Waals surface area contributed by atoms with Gasteiger partial charge in [-0.3, -0.25) is 9.69 Å². The molecule has 4 rings (SSSR count). The lowest BCUT2D eigenvalue weighted by Gasteiger charge is -2.36. The van der Waals surface area contributed by atoms with Crippen molar-refractivity contribution in [3.05, 3.63) is 80.9 Å². The van der Waals surface area contributed by atoms with Crippen molar-refractivity contribution >= 4 is 39.4 Å². The van der Waals surface area contributed by atoms with E-state index in [4.69, 9.17) is 17.3 Å². The number of benzene rings is 2. The van der Waals surface area contributed by atoms with Gasteiger partial charge in [0.15, 0.2) is 5.78 Å². The van der Waals surface area contributed by atoms with E-state index in [2.05, 4.69) is 9.80 Å². The van der Waals surface area contributed by atoms with Crippen LogP contribution in [0.3, 0.4) is 0 Å². The number of carbonyl (C=O) groups excluding carboxylic acids is 1. The molecule has 2 N–H and O–H groups in total. The predicted molar refractivity (Wildman–Crippen MR) is 122 cm³/mol. The second-order valence-electron chi connectivity index (χ2n) is 7.55. The number of aryl methyl sites for hydroxylation is 1. The van der Waals surface area contributed by atoms with Crippen LogP contribution in [-0.2, 0) is 6.54 Å². The van der Waals surface area contributed by atoms with Crippen LogP contribution >= 0.6 is 22.9 Å². The fourth-order valence-corrected chi connectivity index (χ4v) is 4.72. The Morgan fingerprint density at radius 2 is 1.83 bits per heavy atom. The van der Waals surface area contributed by atoms with E-state index in [9.17, 15) is 9.18 Å². The molecular weight excluding hydrogens is 421 g/mol. The molecule has 2 heterocycles. The molecule has 1 saturated heterocycles. The number of carbonyl (C=O) groups is 1. The third-order valence-electron chi connectivity index (χ3n) is 5.44. The number of nitrogens with two attached hydrogens (primary N) is 1. The van der Waals surface area contributed by atoms with Crippen LogP contribution in [0.2, 0.25) is 5.02 Å². The minimum absolute atomic E-state index is 0.0826. The highest BCUT2D eigenvalue weighted by Gasteiger charge is 2.24. The number of halogens is 2. The normalized spacial score (nSPS) is 14.8. The second kappa shape index (κ2) is 8.76. The molecule has 0 bridgehead atoms. The summed E-state index contributed by atoms with van der Waals surface area (Å²) in [6, 6.07) is 12.2. The van der Waals surface area contributed by atoms with Crippen molar-refractivity contribution in [2.24, 2.45) is 0 Å². The number of thiophene rings is 1. The van der Waals surface area contributed by atoms with Crippen molar-refractivity contribution in [2.45, 2.75) is 13.5 Å². The fourth-order valence-electron chi connectivity index (χ4n) is 3.79. The molecule has 1 aliphatic heterocycles. The number of nitrogens with zero attached hydrogens (tertiary/aromatic N) is 2. The van der Waals surface area contributed by atoms with Gasteiger partial charge in [-0.15, -0.1) is 11.3 Å². The Balaban J connectivity index is 1.45. The van der Waals surface area contributed by atoms with Gasteiger partial charge in [0.2, 0.25) is 0 Å². The first kappa shape index (κ1) is 20.8. The summed E-state index contributed by atoms with van der Waals surface area (Å²) in [7, 11) is 0. The minimum Gasteiger partial charge on any atom is -0.390 e. The van der Waals surface area contributed by atoms with Crippen LogP contribution in [0.1, 0.15) is 27.0 Å². The van der Waals surface area contributed by atoms with Crippen molar-refractivity contribution in [1.29, 1.82) is 0 Å². The van der Waals surface area contributed by atoms with Crippen molar-refractivity contribution in [3.8, 4) is 0 Å². The van der Waals surface area contributed by atoms with Gasteiger partial charge >= 0.3 is 0 Å². The van der Waals surface area contributed by atoms with Crippen LogP contribution < -0.4 is 10.6 Å². The zero-order chi connectivity index (χ0) is 21.3. The topological polar surface area (TPSA) is 49.6 Å². The molecule has 0 aliphatic carbocycles. The van der Waals surface area contributed by atoms with Gasteiger partial charge in [-0.25, -0.2) is 4.39 Å². The van der Waals surface area contributed by atoms with Crippen molar-refractivity contribution in [1.82, 2.24) is 4.90 Å². The fraction of sp³-hybridized carbons (Fsp3) is 0.261. The van der Waals surface area contributed by atoms with Gasteiger partial charge in [-0.2, -0.15) is 0 Å². The lowest BCUT2D eigenvalue weighted by molar-refractivity contribution is 0.103. The third-order valence-corrected chi connectivity index (χ3v) is 6.55. The standard InChI is InChI=1S/C23H23ClFN3OS/c1-15-2-7-20(19(25)12-15)28-10-8-27(9-11-28)13-17-14-30-23(26)21(17)22(29)16-3-5-18(24)6-4-16/h2-7,12,14H,8-11,13,26H2,1H3. The Morgan fingerprint density at radius 3 is 2.50 bits per heavy atom. The maximum atomic E-state index is 14.3. The lowest BCUT2D eigenvalue weighted by atomic mass is 10.0. The second-order valence-corrected chi connectivity index (χ2v) is 8.90.